The molecule has 338 valence electrons. The summed E-state index contributed by atoms with van der Waals surface area (Å²) in [5, 5.41) is 13.1. The van der Waals surface area contributed by atoms with Gasteiger partial charge in [-0.3, -0.25) is 29.3 Å². The quantitative estimate of drug-likeness (QED) is 0.0743. The van der Waals surface area contributed by atoms with Crippen LogP contribution in [0.2, 0.25) is 5.02 Å². The largest absolute Gasteiger partial charge is 0.492 e. The highest BCUT2D eigenvalue weighted by molar-refractivity contribution is 7.22. The topological polar surface area (TPSA) is 171 Å². The number of benzene rings is 4. The van der Waals surface area contributed by atoms with E-state index >= 15 is 0 Å². The summed E-state index contributed by atoms with van der Waals surface area (Å²) in [5.74, 6) is -0.393. The smallest absolute Gasteiger partial charge is 0.264 e. The molecule has 14 nitrogen and oxygen atoms in total. The van der Waals surface area contributed by atoms with Gasteiger partial charge < -0.3 is 35.2 Å². The Balaban J connectivity index is 0.768. The molecule has 65 heavy (non-hydrogen) atoms. The normalized spacial score (nSPS) is 19.9. The SMILES string of the molecule is CNC(=O)C1(Oc2ccccc2-c2nc3cccc(Cl)c3s2)CCN(C(=O)[C@H]2CC(=O)Nc3ccc(OCCNCC4CCN(c5ccc(C6CCC(=O)NC6=O)cc5)CC4)cc32)CC1. The number of piperidine rings is 3. The zero-order valence-corrected chi connectivity index (χ0v) is 37.8. The molecule has 0 radical (unpaired) electrons. The Kier molecular flexibility index (Phi) is 13.1. The molecule has 5 aromatic rings. The number of halogens is 1. The van der Waals surface area contributed by atoms with Crippen LogP contribution in [0.4, 0.5) is 11.4 Å². The first-order valence-corrected chi connectivity index (χ1v) is 23.6. The van der Waals surface area contributed by atoms with Gasteiger partial charge in [0.1, 0.15) is 23.1 Å². The Labute approximate surface area is 386 Å². The van der Waals surface area contributed by atoms with Crippen LogP contribution in [0, 0.1) is 5.92 Å². The molecule has 2 atom stereocenters. The molecule has 5 amide bonds. The number of ether oxygens (including phenoxy) is 2. The van der Waals surface area contributed by atoms with Crippen LogP contribution < -0.4 is 35.6 Å². The molecule has 0 saturated carbocycles. The van der Waals surface area contributed by atoms with Crippen molar-refractivity contribution in [3.05, 3.63) is 101 Å². The number of rotatable bonds is 13. The van der Waals surface area contributed by atoms with Crippen LogP contribution in [-0.2, 0) is 24.0 Å². The maximum absolute atomic E-state index is 14.3. The predicted molar refractivity (Wildman–Crippen MR) is 251 cm³/mol. The highest BCUT2D eigenvalue weighted by atomic mass is 35.5. The number of imide groups is 1. The highest BCUT2D eigenvalue weighted by Crippen LogP contribution is 2.42. The van der Waals surface area contributed by atoms with Crippen LogP contribution in [0.3, 0.4) is 0 Å². The number of carbonyl (C=O) groups excluding carboxylic acids is 5. The van der Waals surface area contributed by atoms with E-state index in [-0.39, 0.29) is 67.8 Å². The van der Waals surface area contributed by atoms with Crippen molar-refractivity contribution in [1.29, 1.82) is 0 Å². The number of carbonyl (C=O) groups is 5. The fraction of sp³-hybridized carbons (Fsp3) is 0.388. The minimum Gasteiger partial charge on any atom is -0.492 e. The molecule has 1 aromatic heterocycles. The van der Waals surface area contributed by atoms with Crippen LogP contribution >= 0.6 is 22.9 Å². The van der Waals surface area contributed by atoms with E-state index in [2.05, 4.69) is 38.3 Å². The minimum atomic E-state index is -1.24. The number of para-hydroxylation sites is 1. The second kappa shape index (κ2) is 19.2. The summed E-state index contributed by atoms with van der Waals surface area (Å²) in [6, 6.07) is 26.8. The Morgan fingerprint density at radius 3 is 2.45 bits per heavy atom. The molecule has 1 unspecified atom stereocenters. The van der Waals surface area contributed by atoms with Crippen LogP contribution in [0.1, 0.15) is 67.9 Å². The number of hydrogen-bond acceptors (Lipinski definition) is 11. The number of nitrogens with zero attached hydrogens (tertiary/aromatic N) is 3. The predicted octanol–water partition coefficient (Wildman–Crippen LogP) is 6.63. The molecule has 0 aliphatic carbocycles. The number of likely N-dealkylation sites (N-methyl/N-ethyl adjacent to an activating group) is 1. The van der Waals surface area contributed by atoms with Crippen LogP contribution in [0.15, 0.2) is 84.9 Å². The summed E-state index contributed by atoms with van der Waals surface area (Å²) in [6.45, 7) is 4.39. The fourth-order valence-electron chi connectivity index (χ4n) is 9.51. The second-order valence-electron chi connectivity index (χ2n) is 17.2. The lowest BCUT2D eigenvalue weighted by molar-refractivity contribution is -0.147. The van der Waals surface area contributed by atoms with E-state index in [1.54, 1.807) is 18.0 Å². The number of nitrogens with one attached hydrogen (secondary N) is 4. The molecule has 3 fully saturated rings. The molecule has 0 bridgehead atoms. The maximum Gasteiger partial charge on any atom is 0.264 e. The zero-order chi connectivity index (χ0) is 45.1. The number of thiazole rings is 1. The van der Waals surface area contributed by atoms with Gasteiger partial charge >= 0.3 is 0 Å². The highest BCUT2D eigenvalue weighted by Gasteiger charge is 2.46. The third kappa shape index (κ3) is 9.54. The number of aromatic nitrogens is 1. The van der Waals surface area contributed by atoms with Crippen LogP contribution in [0.5, 0.6) is 11.5 Å². The summed E-state index contributed by atoms with van der Waals surface area (Å²) in [5.41, 5.74) is 3.68. The molecule has 16 heteroatoms. The van der Waals surface area contributed by atoms with E-state index < -0.39 is 11.5 Å². The molecule has 4 N–H and O–H groups in total. The van der Waals surface area contributed by atoms with E-state index in [1.807, 2.05) is 66.7 Å². The van der Waals surface area contributed by atoms with Crippen molar-refractivity contribution >= 4 is 74.1 Å². The molecule has 9 rings (SSSR count). The lowest BCUT2D eigenvalue weighted by atomic mass is 9.86. The number of amides is 5. The number of fused-ring (bicyclic) bond motifs is 2. The van der Waals surface area contributed by atoms with Gasteiger partial charge in [-0.05, 0) is 97.4 Å². The van der Waals surface area contributed by atoms with Crippen molar-refractivity contribution in [2.24, 2.45) is 5.92 Å². The van der Waals surface area contributed by atoms with Gasteiger partial charge in [0, 0.05) is 76.8 Å². The standard InChI is InChI=1S/C49H52ClN7O7S/c1-51-48(62)49(64-41-8-3-2-5-35(41)46-54-40-7-4-6-38(50)44(40)65-46)19-24-57(25-20-49)47(61)37-28-43(59)53-39-15-13-33(27-36(37)39)63-26-21-52-29-30-17-22-56(23-18-30)32-11-9-31(10-12-32)34-14-16-42(58)55-45(34)60/h2-13,15,27,30,34,37,52H,14,16-26,28-29H2,1H3,(H,51,62)(H,53,59)(H,55,58,60)/t34?,37-/m0/s1. The van der Waals surface area contributed by atoms with E-state index in [1.165, 1.54) is 11.3 Å². The minimum absolute atomic E-state index is 0.0104. The summed E-state index contributed by atoms with van der Waals surface area (Å²) in [6.07, 6.45) is 3.54. The second-order valence-corrected chi connectivity index (χ2v) is 18.6. The Bertz CT molecular complexity index is 2610. The molecule has 3 saturated heterocycles. The Hall–Kier alpha value is -6.03. The van der Waals surface area contributed by atoms with E-state index in [9.17, 15) is 24.0 Å². The molecule has 5 heterocycles. The molecule has 4 aliphatic rings. The van der Waals surface area contributed by atoms with Gasteiger partial charge in [-0.25, -0.2) is 4.98 Å². The Morgan fingerprint density at radius 1 is 0.908 bits per heavy atom. The summed E-state index contributed by atoms with van der Waals surface area (Å²) < 4.78 is 13.7. The van der Waals surface area contributed by atoms with Crippen LogP contribution in [-0.4, -0.2) is 97.9 Å². The van der Waals surface area contributed by atoms with Crippen molar-refractivity contribution in [2.75, 3.05) is 63.1 Å². The third-order valence-corrected chi connectivity index (χ3v) is 14.7. The molecule has 4 aromatic carbocycles. The Morgan fingerprint density at radius 2 is 1.69 bits per heavy atom. The first-order chi connectivity index (χ1) is 31.6. The van der Waals surface area contributed by atoms with Gasteiger partial charge in [0.05, 0.1) is 32.6 Å². The number of anilines is 2. The van der Waals surface area contributed by atoms with E-state index in [4.69, 9.17) is 26.1 Å². The zero-order valence-electron chi connectivity index (χ0n) is 36.2. The van der Waals surface area contributed by atoms with Gasteiger partial charge in [0.25, 0.3) is 5.91 Å². The first kappa shape index (κ1) is 44.2. The van der Waals surface area contributed by atoms with Crippen LogP contribution in [0.25, 0.3) is 20.8 Å². The van der Waals surface area contributed by atoms with E-state index in [0.717, 1.165) is 64.5 Å². The lowest BCUT2D eigenvalue weighted by Gasteiger charge is -2.42. The molecule has 0 spiro atoms. The average Bonchev–Trinajstić information content (AvgIpc) is 3.77. The third-order valence-electron chi connectivity index (χ3n) is 13.2. The van der Waals surface area contributed by atoms with Crippen molar-refractivity contribution < 1.29 is 33.4 Å². The fourth-order valence-corrected chi connectivity index (χ4v) is 10.8. The van der Waals surface area contributed by atoms with Gasteiger partial charge in [-0.15, -0.1) is 11.3 Å². The summed E-state index contributed by atoms with van der Waals surface area (Å²) in [7, 11) is 1.58. The van der Waals surface area contributed by atoms with Crippen molar-refractivity contribution in [2.45, 2.75) is 62.4 Å². The van der Waals surface area contributed by atoms with E-state index in [0.29, 0.717) is 59.7 Å². The molecular weight excluding hydrogens is 866 g/mol. The average molecular weight is 919 g/mol. The monoisotopic (exact) mass is 917 g/mol. The summed E-state index contributed by atoms with van der Waals surface area (Å²) >= 11 is 7.94. The van der Waals surface area contributed by atoms with Gasteiger partial charge in [-0.2, -0.15) is 0 Å². The van der Waals surface area contributed by atoms with Crippen molar-refractivity contribution in [3.8, 4) is 22.1 Å². The molecule has 4 aliphatic heterocycles. The van der Waals surface area contributed by atoms with Gasteiger partial charge in [-0.1, -0.05) is 41.9 Å². The lowest BCUT2D eigenvalue weighted by Crippen LogP contribution is -2.58. The number of hydrogen-bond donors (Lipinski definition) is 4. The van der Waals surface area contributed by atoms with Crippen molar-refractivity contribution in [1.82, 2.24) is 25.8 Å². The first-order valence-electron chi connectivity index (χ1n) is 22.4. The number of likely N-dealkylation sites (tertiary alicyclic amines) is 1. The van der Waals surface area contributed by atoms with Gasteiger partial charge in [0.2, 0.25) is 23.6 Å². The maximum atomic E-state index is 14.3. The van der Waals surface area contributed by atoms with Gasteiger partial charge in [0.15, 0.2) is 5.60 Å². The summed E-state index contributed by atoms with van der Waals surface area (Å²) in [4.78, 5) is 73.6. The van der Waals surface area contributed by atoms with Crippen molar-refractivity contribution in [3.63, 3.8) is 0 Å². The molecular formula is C49H52ClN7O7S.